The standard InChI is InChI=1S/C14H17N3O3S2/c18-13-8-6-11(15-16-13)12-7-9-14(21-12)22(19,20)17-10-4-2-1-3-5-10/h6-10,17H,1-5H2,(H,16,18). The van der Waals surface area contributed by atoms with Gasteiger partial charge in [0.2, 0.25) is 10.0 Å². The van der Waals surface area contributed by atoms with Crippen molar-refractivity contribution in [2.75, 3.05) is 0 Å². The van der Waals surface area contributed by atoms with Gasteiger partial charge in [0.25, 0.3) is 5.56 Å². The minimum Gasteiger partial charge on any atom is -0.268 e. The molecular weight excluding hydrogens is 322 g/mol. The van der Waals surface area contributed by atoms with Crippen molar-refractivity contribution in [3.63, 3.8) is 0 Å². The van der Waals surface area contributed by atoms with Crippen molar-refractivity contribution in [1.82, 2.24) is 14.9 Å². The van der Waals surface area contributed by atoms with E-state index in [1.54, 1.807) is 18.2 Å². The van der Waals surface area contributed by atoms with Gasteiger partial charge < -0.3 is 0 Å². The number of hydrogen-bond acceptors (Lipinski definition) is 5. The number of sulfonamides is 1. The Morgan fingerprint density at radius 1 is 1.14 bits per heavy atom. The van der Waals surface area contributed by atoms with Crippen LogP contribution in [0.1, 0.15) is 32.1 Å². The van der Waals surface area contributed by atoms with Gasteiger partial charge in [-0.1, -0.05) is 19.3 Å². The largest absolute Gasteiger partial charge is 0.268 e. The molecule has 1 aliphatic rings. The Morgan fingerprint density at radius 2 is 1.91 bits per heavy atom. The van der Waals surface area contributed by atoms with Crippen LogP contribution in [0.5, 0.6) is 0 Å². The second-order valence-electron chi connectivity index (χ2n) is 5.38. The maximum absolute atomic E-state index is 12.4. The second kappa shape index (κ2) is 6.31. The lowest BCUT2D eigenvalue weighted by Gasteiger charge is -2.22. The Kier molecular flexibility index (Phi) is 4.42. The number of nitrogens with one attached hydrogen (secondary N) is 2. The summed E-state index contributed by atoms with van der Waals surface area (Å²) in [6.07, 6.45) is 5.13. The Morgan fingerprint density at radius 3 is 2.59 bits per heavy atom. The van der Waals surface area contributed by atoms with Gasteiger partial charge >= 0.3 is 0 Å². The number of H-pyrrole nitrogens is 1. The normalized spacial score (nSPS) is 16.7. The first kappa shape index (κ1) is 15.4. The fourth-order valence-corrected chi connectivity index (χ4v) is 5.18. The van der Waals surface area contributed by atoms with E-state index in [4.69, 9.17) is 0 Å². The van der Waals surface area contributed by atoms with Crippen LogP contribution in [0.2, 0.25) is 0 Å². The summed E-state index contributed by atoms with van der Waals surface area (Å²) in [5.41, 5.74) is 0.274. The molecule has 6 nitrogen and oxygen atoms in total. The van der Waals surface area contributed by atoms with Crippen LogP contribution >= 0.6 is 11.3 Å². The van der Waals surface area contributed by atoms with E-state index >= 15 is 0 Å². The zero-order valence-electron chi connectivity index (χ0n) is 11.9. The fraction of sp³-hybridized carbons (Fsp3) is 0.429. The molecule has 0 saturated heterocycles. The first-order chi connectivity index (χ1) is 10.5. The van der Waals surface area contributed by atoms with Gasteiger partial charge in [-0.2, -0.15) is 5.10 Å². The molecule has 2 aromatic heterocycles. The molecule has 3 rings (SSSR count). The van der Waals surface area contributed by atoms with Crippen molar-refractivity contribution >= 4 is 21.4 Å². The molecule has 1 fully saturated rings. The van der Waals surface area contributed by atoms with Crippen molar-refractivity contribution in [2.45, 2.75) is 42.4 Å². The highest BCUT2D eigenvalue weighted by Crippen LogP contribution is 2.29. The molecule has 0 aliphatic heterocycles. The first-order valence-electron chi connectivity index (χ1n) is 7.23. The molecule has 0 bridgehead atoms. The van der Waals surface area contributed by atoms with E-state index in [2.05, 4.69) is 14.9 Å². The van der Waals surface area contributed by atoms with Crippen LogP contribution in [-0.4, -0.2) is 24.7 Å². The van der Waals surface area contributed by atoms with Crippen LogP contribution in [0.4, 0.5) is 0 Å². The molecule has 22 heavy (non-hydrogen) atoms. The summed E-state index contributed by atoms with van der Waals surface area (Å²) in [5, 5.41) is 6.27. The molecule has 0 unspecified atom stereocenters. The van der Waals surface area contributed by atoms with E-state index in [1.165, 1.54) is 12.5 Å². The molecule has 2 heterocycles. The molecule has 2 N–H and O–H groups in total. The molecule has 0 atom stereocenters. The van der Waals surface area contributed by atoms with Crippen LogP contribution in [0.25, 0.3) is 10.6 Å². The number of aromatic nitrogens is 2. The molecule has 1 saturated carbocycles. The van der Waals surface area contributed by atoms with Gasteiger partial charge in [0, 0.05) is 12.1 Å². The Labute approximate surface area is 132 Å². The predicted octanol–water partition coefficient (Wildman–Crippen LogP) is 2.11. The third-order valence-electron chi connectivity index (χ3n) is 3.70. The van der Waals surface area contributed by atoms with E-state index < -0.39 is 10.0 Å². The fourth-order valence-electron chi connectivity index (χ4n) is 2.58. The summed E-state index contributed by atoms with van der Waals surface area (Å²) < 4.78 is 27.9. The molecule has 1 aliphatic carbocycles. The summed E-state index contributed by atoms with van der Waals surface area (Å²) in [5.74, 6) is 0. The van der Waals surface area contributed by atoms with E-state index in [9.17, 15) is 13.2 Å². The molecule has 0 aromatic carbocycles. The van der Waals surface area contributed by atoms with E-state index in [1.807, 2.05) is 0 Å². The lowest BCUT2D eigenvalue weighted by molar-refractivity contribution is 0.412. The van der Waals surface area contributed by atoms with E-state index in [-0.39, 0.29) is 15.8 Å². The molecule has 2 aromatic rings. The quantitative estimate of drug-likeness (QED) is 0.892. The summed E-state index contributed by atoms with van der Waals surface area (Å²) in [6, 6.07) is 6.28. The van der Waals surface area contributed by atoms with Crippen molar-refractivity contribution < 1.29 is 8.42 Å². The zero-order chi connectivity index (χ0) is 15.6. The monoisotopic (exact) mass is 339 g/mol. The average Bonchev–Trinajstić information content (AvgIpc) is 2.99. The Balaban J connectivity index is 1.79. The zero-order valence-corrected chi connectivity index (χ0v) is 13.5. The van der Waals surface area contributed by atoms with Gasteiger partial charge in [0.05, 0.1) is 4.88 Å². The number of thiophene rings is 1. The topological polar surface area (TPSA) is 91.9 Å². The molecule has 0 amide bonds. The number of nitrogens with zero attached hydrogens (tertiary/aromatic N) is 1. The summed E-state index contributed by atoms with van der Waals surface area (Å²) in [6.45, 7) is 0. The van der Waals surface area contributed by atoms with Crippen LogP contribution in [0.3, 0.4) is 0 Å². The minimum atomic E-state index is -3.49. The van der Waals surface area contributed by atoms with Crippen LogP contribution < -0.4 is 10.3 Å². The van der Waals surface area contributed by atoms with Crippen molar-refractivity contribution in [3.8, 4) is 10.6 Å². The van der Waals surface area contributed by atoms with Crippen molar-refractivity contribution in [3.05, 3.63) is 34.6 Å². The van der Waals surface area contributed by atoms with E-state index in [0.717, 1.165) is 37.0 Å². The maximum atomic E-state index is 12.4. The van der Waals surface area contributed by atoms with Gasteiger partial charge in [-0.25, -0.2) is 18.2 Å². The highest BCUT2D eigenvalue weighted by Gasteiger charge is 2.23. The lowest BCUT2D eigenvalue weighted by Crippen LogP contribution is -2.35. The Hall–Kier alpha value is -1.51. The van der Waals surface area contributed by atoms with Crippen LogP contribution in [0, 0.1) is 0 Å². The van der Waals surface area contributed by atoms with Crippen LogP contribution in [-0.2, 0) is 10.0 Å². The van der Waals surface area contributed by atoms with Gasteiger partial charge in [-0.3, -0.25) is 4.79 Å². The molecule has 118 valence electrons. The smallest absolute Gasteiger partial charge is 0.264 e. The highest BCUT2D eigenvalue weighted by atomic mass is 32.2. The number of aromatic amines is 1. The van der Waals surface area contributed by atoms with Crippen molar-refractivity contribution in [1.29, 1.82) is 0 Å². The summed E-state index contributed by atoms with van der Waals surface area (Å²) in [4.78, 5) is 11.7. The number of hydrogen-bond donors (Lipinski definition) is 2. The third-order valence-corrected chi connectivity index (χ3v) is 6.82. The molecule has 0 radical (unpaired) electrons. The molecular formula is C14H17N3O3S2. The predicted molar refractivity (Wildman–Crippen MR) is 85.4 cm³/mol. The Bertz CT molecular complexity index is 784. The van der Waals surface area contributed by atoms with Gasteiger partial charge in [-0.05, 0) is 31.0 Å². The summed E-state index contributed by atoms with van der Waals surface area (Å²) in [7, 11) is -3.49. The highest BCUT2D eigenvalue weighted by molar-refractivity contribution is 7.91. The minimum absolute atomic E-state index is 0.0375. The van der Waals surface area contributed by atoms with Gasteiger partial charge in [-0.15, -0.1) is 11.3 Å². The average molecular weight is 339 g/mol. The molecule has 8 heteroatoms. The maximum Gasteiger partial charge on any atom is 0.264 e. The van der Waals surface area contributed by atoms with Crippen LogP contribution in [0.15, 0.2) is 33.3 Å². The SMILES string of the molecule is O=c1ccc(-c2ccc(S(=O)(=O)NC3CCCCC3)s2)n[nH]1. The van der Waals surface area contributed by atoms with E-state index in [0.29, 0.717) is 10.6 Å². The second-order valence-corrected chi connectivity index (χ2v) is 8.41. The third kappa shape index (κ3) is 3.45. The number of rotatable bonds is 4. The van der Waals surface area contributed by atoms with Gasteiger partial charge in [0.15, 0.2) is 0 Å². The van der Waals surface area contributed by atoms with Crippen molar-refractivity contribution in [2.24, 2.45) is 0 Å². The summed E-state index contributed by atoms with van der Waals surface area (Å²) >= 11 is 1.15. The first-order valence-corrected chi connectivity index (χ1v) is 9.53. The molecule has 0 spiro atoms. The van der Waals surface area contributed by atoms with Gasteiger partial charge in [0.1, 0.15) is 9.90 Å². The lowest BCUT2D eigenvalue weighted by atomic mass is 9.96.